The van der Waals surface area contributed by atoms with Gasteiger partial charge < -0.3 is 5.32 Å². The van der Waals surface area contributed by atoms with Crippen LogP contribution in [0.3, 0.4) is 0 Å². The summed E-state index contributed by atoms with van der Waals surface area (Å²) in [6, 6.07) is 2.31. The van der Waals surface area contributed by atoms with E-state index < -0.39 is 12.1 Å². The lowest BCUT2D eigenvalue weighted by molar-refractivity contribution is -0.183. The second-order valence-electron chi connectivity index (χ2n) is 5.51. The largest absolute Gasteiger partial charge is 0.391 e. The smallest absolute Gasteiger partial charge is 0.311 e. The summed E-state index contributed by atoms with van der Waals surface area (Å²) in [6.45, 7) is 2.05. The average Bonchev–Trinajstić information content (AvgIpc) is 2.80. The highest BCUT2D eigenvalue weighted by molar-refractivity contribution is 7.07. The number of alkyl halides is 3. The summed E-state index contributed by atoms with van der Waals surface area (Å²) in [6.07, 6.45) is -1.08. The van der Waals surface area contributed by atoms with Gasteiger partial charge in [0.1, 0.15) is 0 Å². The highest BCUT2D eigenvalue weighted by atomic mass is 32.1. The molecule has 1 fully saturated rings. The topological polar surface area (TPSA) is 12.0 Å². The van der Waals surface area contributed by atoms with Gasteiger partial charge in [0.2, 0.25) is 0 Å². The Hall–Kier alpha value is -0.550. The summed E-state index contributed by atoms with van der Waals surface area (Å²) in [7, 11) is 0. The van der Waals surface area contributed by atoms with Crippen LogP contribution in [0.2, 0.25) is 0 Å². The first kappa shape index (κ1) is 14.9. The van der Waals surface area contributed by atoms with Crippen molar-refractivity contribution in [3.8, 4) is 0 Å². The van der Waals surface area contributed by atoms with E-state index in [-0.39, 0.29) is 18.5 Å². The molecule has 1 N–H and O–H groups in total. The molecule has 5 heteroatoms. The van der Waals surface area contributed by atoms with Crippen LogP contribution in [0, 0.1) is 5.92 Å². The molecule has 1 aliphatic rings. The van der Waals surface area contributed by atoms with Gasteiger partial charge >= 0.3 is 6.18 Å². The van der Waals surface area contributed by atoms with Crippen LogP contribution in [-0.4, -0.2) is 18.3 Å². The SMILES string of the molecule is CC(Cc1ccsc1)NC1CCCC(C(F)(F)F)C1. The van der Waals surface area contributed by atoms with Crippen molar-refractivity contribution in [2.75, 3.05) is 0 Å². The molecule has 0 amide bonds. The number of hydrogen-bond acceptors (Lipinski definition) is 2. The third kappa shape index (κ3) is 4.49. The number of nitrogens with one attached hydrogen (secondary N) is 1. The first-order valence-electron chi connectivity index (χ1n) is 6.79. The zero-order chi connectivity index (χ0) is 13.9. The minimum Gasteiger partial charge on any atom is -0.311 e. The zero-order valence-electron chi connectivity index (χ0n) is 11.0. The van der Waals surface area contributed by atoms with Gasteiger partial charge in [-0.15, -0.1) is 0 Å². The van der Waals surface area contributed by atoms with Crippen molar-refractivity contribution in [3.63, 3.8) is 0 Å². The molecule has 3 atom stereocenters. The fraction of sp³-hybridized carbons (Fsp3) is 0.714. The van der Waals surface area contributed by atoms with E-state index in [1.165, 1.54) is 5.56 Å². The number of rotatable bonds is 4. The van der Waals surface area contributed by atoms with Crippen molar-refractivity contribution >= 4 is 11.3 Å². The van der Waals surface area contributed by atoms with Crippen molar-refractivity contribution in [2.45, 2.75) is 57.3 Å². The molecular formula is C14H20F3NS. The van der Waals surface area contributed by atoms with Crippen molar-refractivity contribution in [1.82, 2.24) is 5.32 Å². The molecule has 1 nitrogen and oxygen atoms in total. The first-order chi connectivity index (χ1) is 8.95. The van der Waals surface area contributed by atoms with E-state index in [1.807, 2.05) is 5.38 Å². The van der Waals surface area contributed by atoms with Gasteiger partial charge in [0.15, 0.2) is 0 Å². The van der Waals surface area contributed by atoms with E-state index in [1.54, 1.807) is 11.3 Å². The molecule has 0 spiro atoms. The van der Waals surface area contributed by atoms with Crippen LogP contribution in [0.15, 0.2) is 16.8 Å². The third-order valence-electron chi connectivity index (χ3n) is 3.78. The molecular weight excluding hydrogens is 271 g/mol. The highest BCUT2D eigenvalue weighted by Crippen LogP contribution is 2.37. The molecule has 3 unspecified atom stereocenters. The summed E-state index contributed by atoms with van der Waals surface area (Å²) < 4.78 is 38.2. The molecule has 1 saturated carbocycles. The Morgan fingerprint density at radius 2 is 2.21 bits per heavy atom. The van der Waals surface area contributed by atoms with Crippen LogP contribution in [0.5, 0.6) is 0 Å². The lowest BCUT2D eigenvalue weighted by Crippen LogP contribution is -2.43. The van der Waals surface area contributed by atoms with Gasteiger partial charge in [-0.2, -0.15) is 24.5 Å². The summed E-state index contributed by atoms with van der Waals surface area (Å²) in [5, 5.41) is 7.49. The van der Waals surface area contributed by atoms with Gasteiger partial charge in [-0.3, -0.25) is 0 Å². The van der Waals surface area contributed by atoms with Crippen LogP contribution in [0.25, 0.3) is 0 Å². The molecule has 0 radical (unpaired) electrons. The lowest BCUT2D eigenvalue weighted by Gasteiger charge is -2.33. The molecule has 0 aromatic carbocycles. The maximum atomic E-state index is 12.7. The summed E-state index contributed by atoms with van der Waals surface area (Å²) in [5.74, 6) is -1.12. The molecule has 1 aromatic rings. The van der Waals surface area contributed by atoms with E-state index >= 15 is 0 Å². The minimum absolute atomic E-state index is 0.00834. The van der Waals surface area contributed by atoms with Crippen LogP contribution in [0.4, 0.5) is 13.2 Å². The third-order valence-corrected chi connectivity index (χ3v) is 4.51. The Morgan fingerprint density at radius 1 is 1.42 bits per heavy atom. The van der Waals surface area contributed by atoms with Crippen molar-refractivity contribution < 1.29 is 13.2 Å². The standard InChI is InChI=1S/C14H20F3NS/c1-10(7-11-5-6-19-9-11)18-13-4-2-3-12(8-13)14(15,16)17/h5-6,9-10,12-13,18H,2-4,7-8H2,1H3. The zero-order valence-corrected chi connectivity index (χ0v) is 11.9. The Morgan fingerprint density at radius 3 is 2.84 bits per heavy atom. The maximum absolute atomic E-state index is 12.7. The van der Waals surface area contributed by atoms with Crippen LogP contribution in [0.1, 0.15) is 38.2 Å². The summed E-state index contributed by atoms with van der Waals surface area (Å²) >= 11 is 1.65. The number of hydrogen-bond donors (Lipinski definition) is 1. The van der Waals surface area contributed by atoms with Gasteiger partial charge in [-0.1, -0.05) is 6.42 Å². The Bertz CT molecular complexity index is 375. The predicted molar refractivity (Wildman–Crippen MR) is 72.4 cm³/mol. The quantitative estimate of drug-likeness (QED) is 0.867. The monoisotopic (exact) mass is 291 g/mol. The van der Waals surface area contributed by atoms with E-state index in [0.717, 1.165) is 12.8 Å². The summed E-state index contributed by atoms with van der Waals surface area (Å²) in [5.41, 5.74) is 1.26. The fourth-order valence-corrected chi connectivity index (χ4v) is 3.54. The van der Waals surface area contributed by atoms with Crippen LogP contribution >= 0.6 is 11.3 Å². The van der Waals surface area contributed by atoms with E-state index in [9.17, 15) is 13.2 Å². The minimum atomic E-state index is -4.03. The Labute approximate surface area is 116 Å². The average molecular weight is 291 g/mol. The molecule has 108 valence electrons. The second kappa shape index (κ2) is 6.27. The molecule has 0 saturated heterocycles. The van der Waals surface area contributed by atoms with E-state index in [2.05, 4.69) is 23.7 Å². The molecule has 1 aliphatic carbocycles. The normalized spacial score (nSPS) is 26.3. The first-order valence-corrected chi connectivity index (χ1v) is 7.73. The number of thiophene rings is 1. The molecule has 2 rings (SSSR count). The van der Waals surface area contributed by atoms with E-state index in [4.69, 9.17) is 0 Å². The second-order valence-corrected chi connectivity index (χ2v) is 6.29. The lowest BCUT2D eigenvalue weighted by atomic mass is 9.85. The van der Waals surface area contributed by atoms with E-state index in [0.29, 0.717) is 12.8 Å². The van der Waals surface area contributed by atoms with Gasteiger partial charge in [0.25, 0.3) is 0 Å². The van der Waals surface area contributed by atoms with Gasteiger partial charge in [0, 0.05) is 12.1 Å². The van der Waals surface area contributed by atoms with Crippen LogP contribution < -0.4 is 5.32 Å². The molecule has 1 aromatic heterocycles. The Kier molecular flexibility index (Phi) is 4.90. The van der Waals surface area contributed by atoms with Gasteiger partial charge in [-0.25, -0.2) is 0 Å². The summed E-state index contributed by atoms with van der Waals surface area (Å²) in [4.78, 5) is 0. The Balaban J connectivity index is 1.82. The molecule has 0 aliphatic heterocycles. The highest BCUT2D eigenvalue weighted by Gasteiger charge is 2.42. The molecule has 1 heterocycles. The van der Waals surface area contributed by atoms with Crippen LogP contribution in [-0.2, 0) is 6.42 Å². The van der Waals surface area contributed by atoms with Crippen molar-refractivity contribution in [2.24, 2.45) is 5.92 Å². The van der Waals surface area contributed by atoms with Crippen molar-refractivity contribution in [1.29, 1.82) is 0 Å². The fourth-order valence-electron chi connectivity index (χ4n) is 2.86. The number of halogens is 3. The van der Waals surface area contributed by atoms with Crippen molar-refractivity contribution in [3.05, 3.63) is 22.4 Å². The molecule has 19 heavy (non-hydrogen) atoms. The predicted octanol–water partition coefficient (Wildman–Crippen LogP) is 4.39. The molecule has 0 bridgehead atoms. The van der Waals surface area contributed by atoms with Gasteiger partial charge in [0.05, 0.1) is 5.92 Å². The van der Waals surface area contributed by atoms with Gasteiger partial charge in [-0.05, 0) is 55.0 Å². The maximum Gasteiger partial charge on any atom is 0.391 e.